The monoisotopic (exact) mass is 373 g/mol. The molecule has 0 radical (unpaired) electrons. The molecular weight excluding hydrogens is 354 g/mol. The van der Waals surface area contributed by atoms with Crippen LogP contribution >= 0.6 is 11.6 Å². The second-order valence-corrected chi connectivity index (χ2v) is 6.64. The van der Waals surface area contributed by atoms with E-state index in [1.165, 1.54) is 11.1 Å². The first-order valence-electron chi connectivity index (χ1n) is 8.52. The van der Waals surface area contributed by atoms with Crippen molar-refractivity contribution in [1.29, 1.82) is 0 Å². The van der Waals surface area contributed by atoms with E-state index in [1.807, 2.05) is 18.2 Å². The van der Waals surface area contributed by atoms with E-state index in [9.17, 15) is 9.59 Å². The number of anilines is 1. The third-order valence-electron chi connectivity index (χ3n) is 4.19. The van der Waals surface area contributed by atoms with Gasteiger partial charge >= 0.3 is 5.97 Å². The first-order valence-corrected chi connectivity index (χ1v) is 8.89. The zero-order valence-corrected chi connectivity index (χ0v) is 15.2. The molecule has 2 aromatic carbocycles. The SMILES string of the molecule is C[C@H](Oc1ccc(Cl)cc1)C(=O)OCC(=O)Nc1ccc2c(c1)CCC2. The summed E-state index contributed by atoms with van der Waals surface area (Å²) in [5, 5.41) is 3.33. The lowest BCUT2D eigenvalue weighted by molar-refractivity contribution is -0.153. The van der Waals surface area contributed by atoms with Crippen molar-refractivity contribution in [1.82, 2.24) is 0 Å². The molecule has 0 unspecified atom stereocenters. The number of nitrogens with one attached hydrogen (secondary N) is 1. The summed E-state index contributed by atoms with van der Waals surface area (Å²) in [5.41, 5.74) is 3.32. The lowest BCUT2D eigenvalue weighted by Gasteiger charge is -2.14. The van der Waals surface area contributed by atoms with Crippen molar-refractivity contribution in [2.45, 2.75) is 32.3 Å². The van der Waals surface area contributed by atoms with Crippen molar-refractivity contribution >= 4 is 29.2 Å². The Hall–Kier alpha value is -2.53. The van der Waals surface area contributed by atoms with Crippen LogP contribution in [-0.2, 0) is 27.2 Å². The first-order chi connectivity index (χ1) is 12.5. The van der Waals surface area contributed by atoms with Crippen molar-refractivity contribution in [2.24, 2.45) is 0 Å². The normalized spacial score (nSPS) is 13.6. The van der Waals surface area contributed by atoms with Crippen molar-refractivity contribution in [3.05, 3.63) is 58.6 Å². The van der Waals surface area contributed by atoms with E-state index in [1.54, 1.807) is 31.2 Å². The van der Waals surface area contributed by atoms with Crippen LogP contribution < -0.4 is 10.1 Å². The summed E-state index contributed by atoms with van der Waals surface area (Å²) in [6.07, 6.45) is 2.44. The Morgan fingerprint density at radius 1 is 1.12 bits per heavy atom. The van der Waals surface area contributed by atoms with Gasteiger partial charge in [0, 0.05) is 10.7 Å². The van der Waals surface area contributed by atoms with E-state index >= 15 is 0 Å². The number of ether oxygens (including phenoxy) is 2. The smallest absolute Gasteiger partial charge is 0.347 e. The highest BCUT2D eigenvalue weighted by Crippen LogP contribution is 2.24. The predicted molar refractivity (Wildman–Crippen MR) is 99.6 cm³/mol. The molecule has 2 aromatic rings. The van der Waals surface area contributed by atoms with E-state index in [0.29, 0.717) is 10.8 Å². The van der Waals surface area contributed by atoms with E-state index < -0.39 is 12.1 Å². The Labute approximate surface area is 157 Å². The zero-order chi connectivity index (χ0) is 18.5. The number of carbonyl (C=O) groups is 2. The summed E-state index contributed by atoms with van der Waals surface area (Å²) in [6.45, 7) is 1.21. The van der Waals surface area contributed by atoms with Gasteiger partial charge in [-0.25, -0.2) is 4.79 Å². The third kappa shape index (κ3) is 4.76. The van der Waals surface area contributed by atoms with Crippen LogP contribution in [0.1, 0.15) is 24.5 Å². The van der Waals surface area contributed by atoms with Gasteiger partial charge in [0.05, 0.1) is 0 Å². The first kappa shape index (κ1) is 18.3. The topological polar surface area (TPSA) is 64.6 Å². The molecule has 0 fully saturated rings. The minimum Gasteiger partial charge on any atom is -0.479 e. The van der Waals surface area contributed by atoms with E-state index in [2.05, 4.69) is 5.32 Å². The van der Waals surface area contributed by atoms with E-state index in [-0.39, 0.29) is 12.5 Å². The van der Waals surface area contributed by atoms with Crippen molar-refractivity contribution < 1.29 is 19.1 Å². The van der Waals surface area contributed by atoms with Crippen molar-refractivity contribution in [3.8, 4) is 5.75 Å². The molecule has 0 spiro atoms. The van der Waals surface area contributed by atoms with Crippen LogP contribution in [0.25, 0.3) is 0 Å². The Morgan fingerprint density at radius 2 is 1.85 bits per heavy atom. The highest BCUT2D eigenvalue weighted by atomic mass is 35.5. The van der Waals surface area contributed by atoms with Gasteiger partial charge in [-0.3, -0.25) is 4.79 Å². The maximum absolute atomic E-state index is 12.0. The second-order valence-electron chi connectivity index (χ2n) is 6.21. The molecule has 1 aliphatic carbocycles. The van der Waals surface area contributed by atoms with Gasteiger partial charge in [-0.2, -0.15) is 0 Å². The summed E-state index contributed by atoms with van der Waals surface area (Å²) in [6, 6.07) is 12.5. The molecule has 1 N–H and O–H groups in total. The fourth-order valence-corrected chi connectivity index (χ4v) is 2.99. The summed E-state index contributed by atoms with van der Waals surface area (Å²) in [5.74, 6) is -0.486. The molecule has 0 aliphatic heterocycles. The minimum atomic E-state index is -0.830. The van der Waals surface area contributed by atoms with Crippen LogP contribution in [0.3, 0.4) is 0 Å². The van der Waals surface area contributed by atoms with E-state index in [0.717, 1.165) is 24.9 Å². The van der Waals surface area contributed by atoms with Gasteiger partial charge in [0.15, 0.2) is 12.7 Å². The van der Waals surface area contributed by atoms with Crippen molar-refractivity contribution in [2.75, 3.05) is 11.9 Å². The van der Waals surface area contributed by atoms with Gasteiger partial charge in [0.1, 0.15) is 5.75 Å². The number of fused-ring (bicyclic) bond motifs is 1. The quantitative estimate of drug-likeness (QED) is 0.783. The molecule has 26 heavy (non-hydrogen) atoms. The molecule has 0 aromatic heterocycles. The summed E-state index contributed by atoms with van der Waals surface area (Å²) in [7, 11) is 0. The van der Waals surface area contributed by atoms with Crippen LogP contribution in [0, 0.1) is 0 Å². The molecule has 1 atom stereocenters. The molecular formula is C20H20ClNO4. The molecule has 1 aliphatic rings. The van der Waals surface area contributed by atoms with Crippen molar-refractivity contribution in [3.63, 3.8) is 0 Å². The van der Waals surface area contributed by atoms with Crippen LogP contribution in [0.4, 0.5) is 5.69 Å². The van der Waals surface area contributed by atoms with Crippen LogP contribution in [0.15, 0.2) is 42.5 Å². The number of rotatable bonds is 6. The zero-order valence-electron chi connectivity index (χ0n) is 14.5. The minimum absolute atomic E-state index is 0.357. The van der Waals surface area contributed by atoms with Gasteiger partial charge in [-0.1, -0.05) is 17.7 Å². The molecule has 0 saturated heterocycles. The Balaban J connectivity index is 1.46. The molecule has 5 nitrogen and oxygen atoms in total. The molecule has 3 rings (SSSR count). The van der Waals surface area contributed by atoms with Gasteiger partial charge in [-0.15, -0.1) is 0 Å². The van der Waals surface area contributed by atoms with Gasteiger partial charge in [-0.05, 0) is 73.7 Å². The molecule has 0 bridgehead atoms. The Morgan fingerprint density at radius 3 is 2.62 bits per heavy atom. The maximum atomic E-state index is 12.0. The van der Waals surface area contributed by atoms with Gasteiger partial charge in [0.2, 0.25) is 0 Å². The standard InChI is InChI=1S/C20H20ClNO4/c1-13(26-18-9-6-16(21)7-10-18)20(24)25-12-19(23)22-17-8-5-14-3-2-4-15(14)11-17/h5-11,13H,2-4,12H2,1H3,(H,22,23)/t13-/m0/s1. The Bertz CT molecular complexity index is 804. The van der Waals surface area contributed by atoms with Gasteiger partial charge in [0.25, 0.3) is 5.91 Å². The highest BCUT2D eigenvalue weighted by Gasteiger charge is 2.18. The molecule has 0 saturated carbocycles. The molecule has 1 amide bonds. The number of halogens is 1. The third-order valence-corrected chi connectivity index (χ3v) is 4.44. The Kier molecular flexibility index (Phi) is 5.78. The number of hydrogen-bond acceptors (Lipinski definition) is 4. The fourth-order valence-electron chi connectivity index (χ4n) is 2.87. The average molecular weight is 374 g/mol. The number of esters is 1. The second kappa shape index (κ2) is 8.23. The maximum Gasteiger partial charge on any atom is 0.347 e. The largest absolute Gasteiger partial charge is 0.479 e. The molecule has 6 heteroatoms. The summed E-state index contributed by atoms with van der Waals surface area (Å²) >= 11 is 5.80. The van der Waals surface area contributed by atoms with E-state index in [4.69, 9.17) is 21.1 Å². The molecule has 0 heterocycles. The fraction of sp³-hybridized carbons (Fsp3) is 0.300. The lowest BCUT2D eigenvalue weighted by Crippen LogP contribution is -2.29. The number of aryl methyl sites for hydroxylation is 2. The number of amides is 1. The average Bonchev–Trinajstić information content (AvgIpc) is 3.09. The lowest BCUT2D eigenvalue weighted by atomic mass is 10.1. The van der Waals surface area contributed by atoms with Crippen LogP contribution in [-0.4, -0.2) is 24.6 Å². The summed E-state index contributed by atoms with van der Waals surface area (Å²) in [4.78, 5) is 24.0. The number of carbonyl (C=O) groups excluding carboxylic acids is 2. The highest BCUT2D eigenvalue weighted by molar-refractivity contribution is 6.30. The van der Waals surface area contributed by atoms with Crippen LogP contribution in [0.5, 0.6) is 5.75 Å². The number of hydrogen-bond donors (Lipinski definition) is 1. The molecule has 136 valence electrons. The van der Waals surface area contributed by atoms with Gasteiger partial charge < -0.3 is 14.8 Å². The summed E-state index contributed by atoms with van der Waals surface area (Å²) < 4.78 is 10.5. The predicted octanol–water partition coefficient (Wildman–Crippen LogP) is 3.78. The number of benzene rings is 2. The van der Waals surface area contributed by atoms with Crippen LogP contribution in [0.2, 0.25) is 5.02 Å².